The molecule has 1 aromatic carbocycles. The molecule has 1 amide bonds. The van der Waals surface area contributed by atoms with Crippen LogP contribution in [0.15, 0.2) is 30.3 Å². The number of nitrogens with zero attached hydrogens (tertiary/aromatic N) is 1. The van der Waals surface area contributed by atoms with Gasteiger partial charge in [-0.1, -0.05) is 30.3 Å². The van der Waals surface area contributed by atoms with Crippen molar-refractivity contribution in [2.75, 3.05) is 13.1 Å². The van der Waals surface area contributed by atoms with Gasteiger partial charge in [0.05, 0.1) is 6.42 Å². The summed E-state index contributed by atoms with van der Waals surface area (Å²) < 4.78 is 0. The predicted molar refractivity (Wildman–Crippen MR) is 78.2 cm³/mol. The van der Waals surface area contributed by atoms with Crippen molar-refractivity contribution in [1.82, 2.24) is 10.2 Å². The maximum atomic E-state index is 11.6. The second kappa shape index (κ2) is 7.20. The maximum Gasteiger partial charge on any atom is 0.227 e. The molecule has 1 aromatic rings. The lowest BCUT2D eigenvalue weighted by molar-refractivity contribution is -0.127. The van der Waals surface area contributed by atoms with Gasteiger partial charge >= 0.3 is 0 Å². The lowest BCUT2D eigenvalue weighted by atomic mass is 10.0. The van der Waals surface area contributed by atoms with Crippen LogP contribution < -0.4 is 5.32 Å². The summed E-state index contributed by atoms with van der Waals surface area (Å²) in [7, 11) is 0. The molecular weight excluding hydrogens is 252 g/mol. The third-order valence-electron chi connectivity index (χ3n) is 3.53. The second-order valence-corrected chi connectivity index (χ2v) is 5.51. The van der Waals surface area contributed by atoms with E-state index >= 15 is 0 Å². The Labute approximate surface area is 120 Å². The molecule has 1 fully saturated rings. The Balaban J connectivity index is 1.82. The van der Waals surface area contributed by atoms with E-state index in [4.69, 9.17) is 0 Å². The van der Waals surface area contributed by atoms with E-state index in [9.17, 15) is 9.59 Å². The largest absolute Gasteiger partial charge is 0.352 e. The van der Waals surface area contributed by atoms with Crippen LogP contribution in [0.1, 0.15) is 31.7 Å². The van der Waals surface area contributed by atoms with Crippen molar-refractivity contribution >= 4 is 11.7 Å². The van der Waals surface area contributed by atoms with Gasteiger partial charge in [-0.25, -0.2) is 0 Å². The van der Waals surface area contributed by atoms with Gasteiger partial charge in [-0.3, -0.25) is 14.5 Å². The molecule has 0 aliphatic carbocycles. The number of piperidine rings is 1. The van der Waals surface area contributed by atoms with E-state index in [-0.39, 0.29) is 24.2 Å². The molecule has 0 bridgehead atoms. The molecule has 0 saturated carbocycles. The number of carbonyl (C=O) groups is 2. The van der Waals surface area contributed by atoms with E-state index in [1.807, 2.05) is 18.2 Å². The van der Waals surface area contributed by atoms with Gasteiger partial charge in [-0.2, -0.15) is 0 Å². The van der Waals surface area contributed by atoms with E-state index < -0.39 is 0 Å². The molecule has 0 spiro atoms. The molecule has 1 N–H and O–H groups in total. The molecule has 0 radical (unpaired) electrons. The predicted octanol–water partition coefficient (Wildman–Crippen LogP) is 1.75. The van der Waals surface area contributed by atoms with Crippen molar-refractivity contribution < 1.29 is 9.59 Å². The molecule has 2 rings (SSSR count). The molecule has 4 heteroatoms. The van der Waals surface area contributed by atoms with E-state index in [1.54, 1.807) is 0 Å². The van der Waals surface area contributed by atoms with Crippen LogP contribution in [0.3, 0.4) is 0 Å². The highest BCUT2D eigenvalue weighted by Crippen LogP contribution is 2.13. The molecule has 1 heterocycles. The zero-order chi connectivity index (χ0) is 14.4. The minimum atomic E-state index is -0.149. The van der Waals surface area contributed by atoms with E-state index in [2.05, 4.69) is 22.3 Å². The van der Waals surface area contributed by atoms with Crippen molar-refractivity contribution in [2.45, 2.75) is 38.8 Å². The van der Waals surface area contributed by atoms with Crippen molar-refractivity contribution in [1.29, 1.82) is 0 Å². The lowest BCUT2D eigenvalue weighted by Gasteiger charge is -2.33. The van der Waals surface area contributed by atoms with Crippen LogP contribution in [0.5, 0.6) is 0 Å². The second-order valence-electron chi connectivity index (χ2n) is 5.51. The molecule has 1 unspecified atom stereocenters. The molecule has 108 valence electrons. The smallest absolute Gasteiger partial charge is 0.227 e. The van der Waals surface area contributed by atoms with Gasteiger partial charge < -0.3 is 5.32 Å². The van der Waals surface area contributed by atoms with Gasteiger partial charge in [0, 0.05) is 19.1 Å². The Bertz CT molecular complexity index is 459. The summed E-state index contributed by atoms with van der Waals surface area (Å²) in [6.45, 7) is 4.29. The summed E-state index contributed by atoms with van der Waals surface area (Å²) in [6.07, 6.45) is 2.07. The summed E-state index contributed by atoms with van der Waals surface area (Å²) in [5.74, 6) is -0.233. The number of rotatable bonds is 5. The molecule has 20 heavy (non-hydrogen) atoms. The topological polar surface area (TPSA) is 49.4 Å². The fourth-order valence-electron chi connectivity index (χ4n) is 2.66. The number of ketones is 1. The first kappa shape index (κ1) is 14.7. The quantitative estimate of drug-likeness (QED) is 0.832. The van der Waals surface area contributed by atoms with Gasteiger partial charge in [-0.15, -0.1) is 0 Å². The molecule has 1 saturated heterocycles. The molecule has 1 aliphatic rings. The Kier molecular flexibility index (Phi) is 5.30. The standard InChI is InChI=1S/C16H22N2O2/c1-13(19)10-16(20)17-15-8-5-9-18(12-15)11-14-6-3-2-4-7-14/h2-4,6-7,15H,5,8-12H2,1H3,(H,17,20). The Morgan fingerprint density at radius 2 is 2.05 bits per heavy atom. The number of carbonyl (C=O) groups excluding carboxylic acids is 2. The molecular formula is C16H22N2O2. The number of benzene rings is 1. The Morgan fingerprint density at radius 3 is 2.75 bits per heavy atom. The third kappa shape index (κ3) is 4.78. The number of likely N-dealkylation sites (tertiary alicyclic amines) is 1. The minimum Gasteiger partial charge on any atom is -0.352 e. The first-order valence-corrected chi connectivity index (χ1v) is 7.18. The Morgan fingerprint density at radius 1 is 1.30 bits per heavy atom. The average Bonchev–Trinajstić information content (AvgIpc) is 2.39. The average molecular weight is 274 g/mol. The fraction of sp³-hybridized carbons (Fsp3) is 0.500. The number of Topliss-reactive ketones (excluding diaryl/α,β-unsaturated/α-hetero) is 1. The van der Waals surface area contributed by atoms with Crippen molar-refractivity contribution in [2.24, 2.45) is 0 Å². The number of nitrogens with one attached hydrogen (secondary N) is 1. The summed E-state index contributed by atoms with van der Waals surface area (Å²) in [5.41, 5.74) is 1.29. The van der Waals surface area contributed by atoms with E-state index in [0.29, 0.717) is 0 Å². The highest BCUT2D eigenvalue weighted by atomic mass is 16.2. The summed E-state index contributed by atoms with van der Waals surface area (Å²) in [4.78, 5) is 24.9. The van der Waals surface area contributed by atoms with Crippen LogP contribution in [0.2, 0.25) is 0 Å². The van der Waals surface area contributed by atoms with Gasteiger partial charge in [-0.05, 0) is 31.9 Å². The van der Waals surface area contributed by atoms with Crippen LogP contribution in [0, 0.1) is 0 Å². The first-order valence-electron chi connectivity index (χ1n) is 7.18. The van der Waals surface area contributed by atoms with Crippen LogP contribution >= 0.6 is 0 Å². The number of hydrogen-bond acceptors (Lipinski definition) is 3. The molecule has 0 aromatic heterocycles. The van der Waals surface area contributed by atoms with E-state index in [1.165, 1.54) is 12.5 Å². The van der Waals surface area contributed by atoms with Gasteiger partial charge in [0.15, 0.2) is 0 Å². The zero-order valence-corrected chi connectivity index (χ0v) is 12.0. The number of amides is 1. The van der Waals surface area contributed by atoms with Crippen molar-refractivity contribution in [3.05, 3.63) is 35.9 Å². The highest BCUT2D eigenvalue weighted by Gasteiger charge is 2.21. The van der Waals surface area contributed by atoms with Crippen LogP contribution in [0.4, 0.5) is 0 Å². The van der Waals surface area contributed by atoms with Crippen LogP contribution in [0.25, 0.3) is 0 Å². The van der Waals surface area contributed by atoms with Crippen molar-refractivity contribution in [3.63, 3.8) is 0 Å². The van der Waals surface area contributed by atoms with Crippen LogP contribution in [-0.4, -0.2) is 35.7 Å². The summed E-state index contributed by atoms with van der Waals surface area (Å²) in [6, 6.07) is 10.5. The zero-order valence-electron chi connectivity index (χ0n) is 12.0. The maximum absolute atomic E-state index is 11.6. The fourth-order valence-corrected chi connectivity index (χ4v) is 2.66. The molecule has 1 aliphatic heterocycles. The third-order valence-corrected chi connectivity index (χ3v) is 3.53. The van der Waals surface area contributed by atoms with Crippen molar-refractivity contribution in [3.8, 4) is 0 Å². The Hall–Kier alpha value is -1.68. The summed E-state index contributed by atoms with van der Waals surface area (Å²) in [5, 5.41) is 2.96. The SMILES string of the molecule is CC(=O)CC(=O)NC1CCCN(Cc2ccccc2)C1. The lowest BCUT2D eigenvalue weighted by Crippen LogP contribution is -2.47. The molecule has 1 atom stereocenters. The number of hydrogen-bond donors (Lipinski definition) is 1. The van der Waals surface area contributed by atoms with Gasteiger partial charge in [0.25, 0.3) is 0 Å². The minimum absolute atomic E-state index is 0.00478. The molecule has 4 nitrogen and oxygen atoms in total. The first-order chi connectivity index (χ1) is 9.63. The monoisotopic (exact) mass is 274 g/mol. The highest BCUT2D eigenvalue weighted by molar-refractivity contribution is 5.96. The van der Waals surface area contributed by atoms with Gasteiger partial charge in [0.2, 0.25) is 5.91 Å². The van der Waals surface area contributed by atoms with E-state index in [0.717, 1.165) is 32.5 Å². The van der Waals surface area contributed by atoms with Crippen LogP contribution in [-0.2, 0) is 16.1 Å². The normalized spacial score (nSPS) is 19.6. The van der Waals surface area contributed by atoms with Gasteiger partial charge in [0.1, 0.15) is 5.78 Å². The summed E-state index contributed by atoms with van der Waals surface area (Å²) >= 11 is 0.